The van der Waals surface area contributed by atoms with Crippen LogP contribution in [-0.4, -0.2) is 28.4 Å². The number of nitrogens with one attached hydrogen (secondary N) is 1. The minimum Gasteiger partial charge on any atom is -0.396 e. The van der Waals surface area contributed by atoms with Gasteiger partial charge in [-0.25, -0.2) is 13.8 Å². The first-order valence-electron chi connectivity index (χ1n) is 6.96. The number of pyridine rings is 1. The van der Waals surface area contributed by atoms with Crippen molar-refractivity contribution in [1.29, 1.82) is 0 Å². The molecule has 2 rings (SSSR count). The maximum Gasteiger partial charge on any atom is 0.230 e. The molecule has 0 saturated carbocycles. The van der Waals surface area contributed by atoms with Gasteiger partial charge in [0.25, 0.3) is 0 Å². The van der Waals surface area contributed by atoms with E-state index in [1.54, 1.807) is 24.0 Å². The number of halogens is 2. The number of aromatic nitrogens is 1. The van der Waals surface area contributed by atoms with E-state index in [1.165, 1.54) is 0 Å². The monoisotopic (exact) mass is 338 g/mol. The fraction of sp³-hybridized carbons (Fsp3) is 0.250. The molecule has 0 atom stereocenters. The molecule has 0 fully saturated rings. The highest BCUT2D eigenvalue weighted by atomic mass is 32.2. The summed E-state index contributed by atoms with van der Waals surface area (Å²) in [6, 6.07) is 6.53. The SMILES string of the molecule is O=C(Cc1cc(F)ccc1F)Nc1cc(CSCCO)ccn1. The van der Waals surface area contributed by atoms with Crippen LogP contribution in [-0.2, 0) is 17.0 Å². The summed E-state index contributed by atoms with van der Waals surface area (Å²) in [5.74, 6) is -0.0113. The lowest BCUT2D eigenvalue weighted by Gasteiger charge is -2.07. The lowest BCUT2D eigenvalue weighted by Crippen LogP contribution is -2.16. The second-order valence-electron chi connectivity index (χ2n) is 4.79. The number of carbonyl (C=O) groups is 1. The molecule has 4 nitrogen and oxygen atoms in total. The van der Waals surface area contributed by atoms with Crippen LogP contribution in [0.4, 0.5) is 14.6 Å². The molecule has 1 amide bonds. The average Bonchev–Trinajstić information content (AvgIpc) is 2.51. The van der Waals surface area contributed by atoms with Crippen molar-refractivity contribution in [2.45, 2.75) is 12.2 Å². The summed E-state index contributed by atoms with van der Waals surface area (Å²) in [4.78, 5) is 16.0. The molecule has 2 aromatic rings. The molecule has 0 radical (unpaired) electrons. The highest BCUT2D eigenvalue weighted by Gasteiger charge is 2.10. The number of thioether (sulfide) groups is 1. The Bertz CT molecular complexity index is 683. The van der Waals surface area contributed by atoms with Crippen LogP contribution >= 0.6 is 11.8 Å². The van der Waals surface area contributed by atoms with Gasteiger partial charge in [0.05, 0.1) is 13.0 Å². The van der Waals surface area contributed by atoms with Gasteiger partial charge in [0, 0.05) is 23.3 Å². The molecule has 0 saturated heterocycles. The third kappa shape index (κ3) is 5.61. The number of aliphatic hydroxyl groups excluding tert-OH is 1. The van der Waals surface area contributed by atoms with E-state index in [1.807, 2.05) is 6.07 Å². The van der Waals surface area contributed by atoms with Crippen molar-refractivity contribution in [1.82, 2.24) is 4.98 Å². The summed E-state index contributed by atoms with van der Waals surface area (Å²) in [6.07, 6.45) is 1.29. The second kappa shape index (κ2) is 8.59. The number of hydrogen-bond donors (Lipinski definition) is 2. The Morgan fingerprint density at radius 1 is 1.26 bits per heavy atom. The van der Waals surface area contributed by atoms with Gasteiger partial charge in [-0.3, -0.25) is 4.79 Å². The van der Waals surface area contributed by atoms with E-state index in [0.717, 1.165) is 23.8 Å². The van der Waals surface area contributed by atoms with Gasteiger partial charge in [-0.05, 0) is 35.9 Å². The zero-order valence-electron chi connectivity index (χ0n) is 12.3. The molecule has 2 N–H and O–H groups in total. The van der Waals surface area contributed by atoms with Gasteiger partial charge in [0.15, 0.2) is 0 Å². The number of carbonyl (C=O) groups excluding carboxylic acids is 1. The third-order valence-corrected chi connectivity index (χ3v) is 3.96. The molecule has 0 aliphatic heterocycles. The minimum absolute atomic E-state index is 0.00263. The number of hydrogen-bond acceptors (Lipinski definition) is 4. The van der Waals surface area contributed by atoms with E-state index in [0.29, 0.717) is 17.3 Å². The van der Waals surface area contributed by atoms with Crippen molar-refractivity contribution in [3.8, 4) is 0 Å². The van der Waals surface area contributed by atoms with E-state index in [-0.39, 0.29) is 18.6 Å². The van der Waals surface area contributed by atoms with Gasteiger partial charge in [-0.1, -0.05) is 0 Å². The van der Waals surface area contributed by atoms with E-state index in [9.17, 15) is 13.6 Å². The van der Waals surface area contributed by atoms with E-state index in [4.69, 9.17) is 5.11 Å². The van der Waals surface area contributed by atoms with Gasteiger partial charge in [0.1, 0.15) is 17.5 Å². The smallest absolute Gasteiger partial charge is 0.230 e. The standard InChI is InChI=1S/C16H16F2N2O2S/c17-13-1-2-14(18)12(8-13)9-16(22)20-15-7-11(3-4-19-15)10-23-6-5-21/h1-4,7-8,21H,5-6,9-10H2,(H,19,20,22). The van der Waals surface area contributed by atoms with Crippen LogP contribution in [0.1, 0.15) is 11.1 Å². The molecule has 23 heavy (non-hydrogen) atoms. The summed E-state index contributed by atoms with van der Waals surface area (Å²) < 4.78 is 26.6. The molecule has 7 heteroatoms. The number of rotatable bonds is 7. The first kappa shape index (κ1) is 17.4. The summed E-state index contributed by atoms with van der Waals surface area (Å²) >= 11 is 1.56. The van der Waals surface area contributed by atoms with Gasteiger partial charge in [-0.15, -0.1) is 0 Å². The first-order chi connectivity index (χ1) is 11.1. The van der Waals surface area contributed by atoms with Crippen molar-refractivity contribution in [3.05, 3.63) is 59.3 Å². The molecule has 0 bridgehead atoms. The number of amides is 1. The summed E-state index contributed by atoms with van der Waals surface area (Å²) in [5.41, 5.74) is 0.947. The Morgan fingerprint density at radius 3 is 2.87 bits per heavy atom. The highest BCUT2D eigenvalue weighted by molar-refractivity contribution is 7.98. The fourth-order valence-electron chi connectivity index (χ4n) is 1.93. The topological polar surface area (TPSA) is 62.2 Å². The molecule has 122 valence electrons. The lowest BCUT2D eigenvalue weighted by atomic mass is 10.1. The Morgan fingerprint density at radius 2 is 2.09 bits per heavy atom. The average molecular weight is 338 g/mol. The fourth-order valence-corrected chi connectivity index (χ4v) is 2.61. The van der Waals surface area contributed by atoms with E-state index >= 15 is 0 Å². The molecule has 1 heterocycles. The molecule has 0 aliphatic carbocycles. The Hall–Kier alpha value is -1.99. The summed E-state index contributed by atoms with van der Waals surface area (Å²) in [6.45, 7) is 0.110. The van der Waals surface area contributed by atoms with Gasteiger partial charge >= 0.3 is 0 Å². The Kier molecular flexibility index (Phi) is 6.49. The van der Waals surface area contributed by atoms with Crippen LogP contribution < -0.4 is 5.32 Å². The zero-order chi connectivity index (χ0) is 16.7. The quantitative estimate of drug-likeness (QED) is 0.762. The van der Waals surface area contributed by atoms with Crippen LogP contribution in [0.25, 0.3) is 0 Å². The Labute approximate surface area is 136 Å². The molecule has 1 aromatic heterocycles. The predicted molar refractivity (Wildman–Crippen MR) is 86.2 cm³/mol. The van der Waals surface area contributed by atoms with Crippen LogP contribution in [0.15, 0.2) is 36.5 Å². The van der Waals surface area contributed by atoms with E-state index in [2.05, 4.69) is 10.3 Å². The van der Waals surface area contributed by atoms with Crippen molar-refractivity contribution in [2.24, 2.45) is 0 Å². The van der Waals surface area contributed by atoms with Gasteiger partial charge in [-0.2, -0.15) is 11.8 Å². The van der Waals surface area contributed by atoms with Crippen LogP contribution in [0.5, 0.6) is 0 Å². The van der Waals surface area contributed by atoms with Crippen molar-refractivity contribution < 1.29 is 18.7 Å². The first-order valence-corrected chi connectivity index (χ1v) is 8.11. The number of anilines is 1. The van der Waals surface area contributed by atoms with Crippen LogP contribution in [0, 0.1) is 11.6 Å². The van der Waals surface area contributed by atoms with Gasteiger partial charge in [0.2, 0.25) is 5.91 Å². The Balaban J connectivity index is 1.97. The van der Waals surface area contributed by atoms with E-state index < -0.39 is 17.5 Å². The summed E-state index contributed by atoms with van der Waals surface area (Å²) in [5, 5.41) is 11.3. The summed E-state index contributed by atoms with van der Waals surface area (Å²) in [7, 11) is 0. The normalized spacial score (nSPS) is 10.6. The molecule has 0 spiro atoms. The van der Waals surface area contributed by atoms with Crippen LogP contribution in [0.2, 0.25) is 0 Å². The third-order valence-electron chi connectivity index (χ3n) is 2.95. The second-order valence-corrected chi connectivity index (χ2v) is 5.89. The highest BCUT2D eigenvalue weighted by Crippen LogP contribution is 2.15. The predicted octanol–water partition coefficient (Wildman–Crippen LogP) is 2.77. The van der Waals surface area contributed by atoms with Crippen LogP contribution in [0.3, 0.4) is 0 Å². The number of nitrogens with zero attached hydrogens (tertiary/aromatic N) is 1. The lowest BCUT2D eigenvalue weighted by molar-refractivity contribution is -0.115. The maximum atomic E-state index is 13.5. The number of aliphatic hydroxyl groups is 1. The molecule has 1 aromatic carbocycles. The molecular formula is C16H16F2N2O2S. The molecule has 0 unspecified atom stereocenters. The number of benzene rings is 1. The van der Waals surface area contributed by atoms with Crippen molar-refractivity contribution in [2.75, 3.05) is 17.7 Å². The minimum atomic E-state index is -0.622. The zero-order valence-corrected chi connectivity index (χ0v) is 13.1. The van der Waals surface area contributed by atoms with Gasteiger partial charge < -0.3 is 10.4 Å². The van der Waals surface area contributed by atoms with Crippen molar-refractivity contribution in [3.63, 3.8) is 0 Å². The largest absolute Gasteiger partial charge is 0.396 e. The molecule has 0 aliphatic rings. The maximum absolute atomic E-state index is 13.5. The van der Waals surface area contributed by atoms with Crippen molar-refractivity contribution >= 4 is 23.5 Å². The molecular weight excluding hydrogens is 322 g/mol.